The van der Waals surface area contributed by atoms with Crippen LogP contribution in [0.25, 0.3) is 22.8 Å². The molecule has 0 atom stereocenters. The predicted molar refractivity (Wildman–Crippen MR) is 69.5 cm³/mol. The average molecular weight is 255 g/mol. The molecule has 0 saturated carbocycles. The SMILES string of the molecule is Nc1cccc(-c2noc(-c3ccccc3F)n2)c1. The van der Waals surface area contributed by atoms with E-state index >= 15 is 0 Å². The Morgan fingerprint density at radius 1 is 1.05 bits per heavy atom. The topological polar surface area (TPSA) is 64.9 Å². The molecular formula is C14H10FN3O. The first-order chi connectivity index (χ1) is 9.24. The van der Waals surface area contributed by atoms with Crippen molar-refractivity contribution in [3.8, 4) is 22.8 Å². The predicted octanol–water partition coefficient (Wildman–Crippen LogP) is 3.12. The molecular weight excluding hydrogens is 245 g/mol. The van der Waals surface area contributed by atoms with E-state index in [1.165, 1.54) is 6.07 Å². The summed E-state index contributed by atoms with van der Waals surface area (Å²) >= 11 is 0. The van der Waals surface area contributed by atoms with Gasteiger partial charge in [-0.3, -0.25) is 0 Å². The van der Waals surface area contributed by atoms with Gasteiger partial charge in [-0.1, -0.05) is 29.4 Å². The molecule has 0 radical (unpaired) electrons. The van der Waals surface area contributed by atoms with Crippen molar-refractivity contribution in [3.05, 3.63) is 54.3 Å². The van der Waals surface area contributed by atoms with Gasteiger partial charge in [0.15, 0.2) is 0 Å². The van der Waals surface area contributed by atoms with Gasteiger partial charge in [0, 0.05) is 11.3 Å². The lowest BCUT2D eigenvalue weighted by Crippen LogP contribution is -1.87. The van der Waals surface area contributed by atoms with Crippen LogP contribution in [-0.4, -0.2) is 10.1 Å². The van der Waals surface area contributed by atoms with Crippen LogP contribution in [0.2, 0.25) is 0 Å². The van der Waals surface area contributed by atoms with Crippen molar-refractivity contribution in [1.82, 2.24) is 10.1 Å². The first-order valence-electron chi connectivity index (χ1n) is 5.68. The van der Waals surface area contributed by atoms with Gasteiger partial charge in [-0.15, -0.1) is 0 Å². The van der Waals surface area contributed by atoms with Gasteiger partial charge in [0.2, 0.25) is 5.82 Å². The minimum atomic E-state index is -0.398. The Labute approximate surface area is 108 Å². The van der Waals surface area contributed by atoms with Gasteiger partial charge >= 0.3 is 0 Å². The molecule has 3 rings (SSSR count). The molecule has 1 heterocycles. The summed E-state index contributed by atoms with van der Waals surface area (Å²) in [5.41, 5.74) is 7.31. The van der Waals surface area contributed by atoms with Gasteiger partial charge in [-0.2, -0.15) is 4.98 Å². The van der Waals surface area contributed by atoms with E-state index in [9.17, 15) is 4.39 Å². The molecule has 0 amide bonds. The summed E-state index contributed by atoms with van der Waals surface area (Å²) in [5, 5.41) is 3.84. The molecule has 0 fully saturated rings. The number of nitrogens with zero attached hydrogens (tertiary/aromatic N) is 2. The van der Waals surface area contributed by atoms with E-state index in [0.29, 0.717) is 11.5 Å². The van der Waals surface area contributed by atoms with Crippen LogP contribution in [0.3, 0.4) is 0 Å². The number of nitrogens with two attached hydrogens (primary N) is 1. The van der Waals surface area contributed by atoms with Crippen LogP contribution in [0.1, 0.15) is 0 Å². The van der Waals surface area contributed by atoms with Crippen LogP contribution in [0, 0.1) is 5.82 Å². The third-order valence-electron chi connectivity index (χ3n) is 2.68. The molecule has 2 N–H and O–H groups in total. The van der Waals surface area contributed by atoms with E-state index in [1.807, 2.05) is 6.07 Å². The Kier molecular flexibility index (Phi) is 2.72. The van der Waals surface area contributed by atoms with Crippen molar-refractivity contribution in [1.29, 1.82) is 0 Å². The largest absolute Gasteiger partial charge is 0.399 e. The lowest BCUT2D eigenvalue weighted by molar-refractivity contribution is 0.429. The summed E-state index contributed by atoms with van der Waals surface area (Å²) < 4.78 is 18.7. The molecule has 4 nitrogen and oxygen atoms in total. The maximum Gasteiger partial charge on any atom is 0.261 e. The van der Waals surface area contributed by atoms with Crippen molar-refractivity contribution in [2.75, 3.05) is 5.73 Å². The fourth-order valence-electron chi connectivity index (χ4n) is 1.76. The molecule has 3 aromatic rings. The summed E-state index contributed by atoms with van der Waals surface area (Å²) in [4.78, 5) is 4.18. The van der Waals surface area contributed by atoms with Gasteiger partial charge in [0.05, 0.1) is 5.56 Å². The standard InChI is InChI=1S/C14H10FN3O/c15-12-7-2-1-6-11(12)14-17-13(18-19-14)9-4-3-5-10(16)8-9/h1-8H,16H2. The molecule has 1 aromatic heterocycles. The number of hydrogen-bond donors (Lipinski definition) is 1. The molecule has 2 aromatic carbocycles. The molecule has 0 aliphatic heterocycles. The van der Waals surface area contributed by atoms with Crippen LogP contribution in [-0.2, 0) is 0 Å². The molecule has 0 aliphatic carbocycles. The quantitative estimate of drug-likeness (QED) is 0.714. The molecule has 0 unspecified atom stereocenters. The maximum atomic E-state index is 13.6. The Morgan fingerprint density at radius 2 is 1.89 bits per heavy atom. The fraction of sp³-hybridized carbons (Fsp3) is 0. The van der Waals surface area contributed by atoms with E-state index in [0.717, 1.165) is 5.56 Å². The maximum absolute atomic E-state index is 13.6. The van der Waals surface area contributed by atoms with Crippen molar-refractivity contribution in [2.24, 2.45) is 0 Å². The molecule has 94 valence electrons. The van der Waals surface area contributed by atoms with E-state index in [1.54, 1.807) is 36.4 Å². The molecule has 0 saturated heterocycles. The number of halogens is 1. The van der Waals surface area contributed by atoms with Crippen molar-refractivity contribution in [2.45, 2.75) is 0 Å². The Hall–Kier alpha value is -2.69. The minimum absolute atomic E-state index is 0.149. The van der Waals surface area contributed by atoms with Gasteiger partial charge in [0.1, 0.15) is 5.82 Å². The number of benzene rings is 2. The fourth-order valence-corrected chi connectivity index (χ4v) is 1.76. The van der Waals surface area contributed by atoms with Crippen molar-refractivity contribution >= 4 is 5.69 Å². The van der Waals surface area contributed by atoms with Crippen LogP contribution < -0.4 is 5.73 Å². The third-order valence-corrected chi connectivity index (χ3v) is 2.68. The molecule has 0 bridgehead atoms. The van der Waals surface area contributed by atoms with Gasteiger partial charge in [0.25, 0.3) is 5.89 Å². The van der Waals surface area contributed by atoms with Gasteiger partial charge < -0.3 is 10.3 Å². The number of nitrogen functional groups attached to an aromatic ring is 1. The van der Waals surface area contributed by atoms with Crippen molar-refractivity contribution in [3.63, 3.8) is 0 Å². The Bertz CT molecular complexity index is 724. The normalized spacial score (nSPS) is 10.6. The summed E-state index contributed by atoms with van der Waals surface area (Å²) in [7, 11) is 0. The van der Waals surface area contributed by atoms with E-state index in [2.05, 4.69) is 10.1 Å². The Morgan fingerprint density at radius 3 is 2.68 bits per heavy atom. The molecule has 0 spiro atoms. The Balaban J connectivity index is 2.03. The van der Waals surface area contributed by atoms with Gasteiger partial charge in [-0.25, -0.2) is 4.39 Å². The number of rotatable bonds is 2. The second kappa shape index (κ2) is 4.53. The monoisotopic (exact) mass is 255 g/mol. The highest BCUT2D eigenvalue weighted by molar-refractivity contribution is 5.63. The molecule has 5 heteroatoms. The highest BCUT2D eigenvalue weighted by Crippen LogP contribution is 2.24. The zero-order valence-electron chi connectivity index (χ0n) is 9.88. The first-order valence-corrected chi connectivity index (χ1v) is 5.68. The number of aromatic nitrogens is 2. The summed E-state index contributed by atoms with van der Waals surface area (Å²) in [6, 6.07) is 13.4. The highest BCUT2D eigenvalue weighted by atomic mass is 19.1. The minimum Gasteiger partial charge on any atom is -0.399 e. The lowest BCUT2D eigenvalue weighted by atomic mass is 10.2. The van der Waals surface area contributed by atoms with E-state index in [-0.39, 0.29) is 11.5 Å². The molecule has 19 heavy (non-hydrogen) atoms. The number of hydrogen-bond acceptors (Lipinski definition) is 4. The van der Waals surface area contributed by atoms with Crippen LogP contribution >= 0.6 is 0 Å². The molecule has 0 aliphatic rings. The second-order valence-electron chi connectivity index (χ2n) is 4.03. The van der Waals surface area contributed by atoms with Gasteiger partial charge in [-0.05, 0) is 24.3 Å². The first kappa shape index (κ1) is 11.4. The smallest absolute Gasteiger partial charge is 0.261 e. The van der Waals surface area contributed by atoms with E-state index < -0.39 is 5.82 Å². The van der Waals surface area contributed by atoms with E-state index in [4.69, 9.17) is 10.3 Å². The summed E-state index contributed by atoms with van der Waals surface area (Å²) in [6.07, 6.45) is 0. The summed E-state index contributed by atoms with van der Waals surface area (Å²) in [5.74, 6) is 0.131. The van der Waals surface area contributed by atoms with Crippen LogP contribution in [0.15, 0.2) is 53.1 Å². The van der Waals surface area contributed by atoms with Crippen LogP contribution in [0.4, 0.5) is 10.1 Å². The average Bonchev–Trinajstić information content (AvgIpc) is 2.89. The third kappa shape index (κ3) is 2.18. The number of anilines is 1. The summed E-state index contributed by atoms with van der Waals surface area (Å²) in [6.45, 7) is 0. The zero-order chi connectivity index (χ0) is 13.2. The lowest BCUT2D eigenvalue weighted by Gasteiger charge is -1.96. The highest BCUT2D eigenvalue weighted by Gasteiger charge is 2.13. The zero-order valence-corrected chi connectivity index (χ0v) is 9.88. The van der Waals surface area contributed by atoms with Crippen LogP contribution in [0.5, 0.6) is 0 Å². The second-order valence-corrected chi connectivity index (χ2v) is 4.03. The van der Waals surface area contributed by atoms with Crippen molar-refractivity contribution < 1.29 is 8.91 Å².